The predicted molar refractivity (Wildman–Crippen MR) is 89.6 cm³/mol. The zero-order valence-electron chi connectivity index (χ0n) is 13.4. The van der Waals surface area contributed by atoms with Gasteiger partial charge in [0.25, 0.3) is 0 Å². The van der Waals surface area contributed by atoms with Crippen LogP contribution in [0.4, 0.5) is 0 Å². The summed E-state index contributed by atoms with van der Waals surface area (Å²) in [6.45, 7) is 3.75. The largest absolute Gasteiger partial charge is 0.508 e. The number of rotatable bonds is 2. The van der Waals surface area contributed by atoms with E-state index in [9.17, 15) is 10.2 Å². The number of phenolic OH excluding ortho intramolecular Hbond substituents is 2. The molecule has 0 spiro atoms. The maximum atomic E-state index is 9.76. The fourth-order valence-electron chi connectivity index (χ4n) is 3.69. The molecule has 5 heteroatoms. The first-order chi connectivity index (χ1) is 11.7. The molecule has 2 heterocycles. The summed E-state index contributed by atoms with van der Waals surface area (Å²) in [6.07, 6.45) is 0. The number of hydrogen-bond donors (Lipinski definition) is 2. The van der Waals surface area contributed by atoms with Crippen LogP contribution in [0, 0.1) is 0 Å². The molecule has 0 aliphatic carbocycles. The summed E-state index contributed by atoms with van der Waals surface area (Å²) in [4.78, 5) is 2.43. The summed E-state index contributed by atoms with van der Waals surface area (Å²) in [5, 5.41) is 19.3. The molecule has 24 heavy (non-hydrogen) atoms. The molecule has 2 aliphatic heterocycles. The second-order valence-corrected chi connectivity index (χ2v) is 6.32. The van der Waals surface area contributed by atoms with E-state index in [1.54, 1.807) is 24.3 Å². The minimum absolute atomic E-state index is 0.167. The molecular formula is C19H21NO4. The molecule has 0 radical (unpaired) electrons. The van der Waals surface area contributed by atoms with Crippen LogP contribution in [0.3, 0.4) is 0 Å². The lowest BCUT2D eigenvalue weighted by Crippen LogP contribution is -2.43. The van der Waals surface area contributed by atoms with Gasteiger partial charge in [-0.25, -0.2) is 0 Å². The van der Waals surface area contributed by atoms with Gasteiger partial charge in [0.15, 0.2) is 0 Å². The molecule has 0 bridgehead atoms. The maximum Gasteiger partial charge on any atom is 0.127 e. The third-order valence-electron chi connectivity index (χ3n) is 4.88. The Hall–Kier alpha value is -2.24. The predicted octanol–water partition coefficient (Wildman–Crippen LogP) is 2.65. The molecule has 126 valence electrons. The van der Waals surface area contributed by atoms with Gasteiger partial charge >= 0.3 is 0 Å². The van der Waals surface area contributed by atoms with Gasteiger partial charge in [0, 0.05) is 36.7 Å². The van der Waals surface area contributed by atoms with Gasteiger partial charge in [-0.15, -0.1) is 0 Å². The van der Waals surface area contributed by atoms with Crippen molar-refractivity contribution in [3.8, 4) is 17.2 Å². The highest BCUT2D eigenvalue weighted by atomic mass is 16.5. The van der Waals surface area contributed by atoms with E-state index in [-0.39, 0.29) is 23.5 Å². The van der Waals surface area contributed by atoms with E-state index in [1.807, 2.05) is 18.2 Å². The van der Waals surface area contributed by atoms with Gasteiger partial charge in [-0.1, -0.05) is 18.2 Å². The molecule has 0 aromatic heterocycles. The molecule has 1 fully saturated rings. The zero-order chi connectivity index (χ0) is 16.5. The van der Waals surface area contributed by atoms with E-state index in [2.05, 4.69) is 4.90 Å². The lowest BCUT2D eigenvalue weighted by molar-refractivity contribution is 0.000372. The first-order valence-corrected chi connectivity index (χ1v) is 8.29. The summed E-state index contributed by atoms with van der Waals surface area (Å²) in [6, 6.07) is 12.9. The van der Waals surface area contributed by atoms with Crippen molar-refractivity contribution >= 4 is 0 Å². The number of ether oxygens (including phenoxy) is 2. The van der Waals surface area contributed by atoms with Crippen LogP contribution in [0.1, 0.15) is 23.1 Å². The van der Waals surface area contributed by atoms with Crippen LogP contribution in [-0.2, 0) is 4.74 Å². The summed E-state index contributed by atoms with van der Waals surface area (Å²) < 4.78 is 11.5. The number of fused-ring (bicyclic) bond motifs is 1. The average molecular weight is 327 g/mol. The summed E-state index contributed by atoms with van der Waals surface area (Å²) in [5.41, 5.74) is 2.24. The highest BCUT2D eigenvalue weighted by molar-refractivity contribution is 5.46. The Kier molecular flexibility index (Phi) is 4.04. The van der Waals surface area contributed by atoms with Gasteiger partial charge in [0.05, 0.1) is 19.8 Å². The lowest BCUT2D eigenvalue weighted by atomic mass is 9.84. The molecule has 2 aromatic rings. The van der Waals surface area contributed by atoms with E-state index in [0.717, 1.165) is 43.2 Å². The molecular weight excluding hydrogens is 306 g/mol. The number of nitrogens with zero attached hydrogens (tertiary/aromatic N) is 1. The Morgan fingerprint density at radius 1 is 0.917 bits per heavy atom. The van der Waals surface area contributed by atoms with Gasteiger partial charge in [0.1, 0.15) is 17.2 Å². The van der Waals surface area contributed by atoms with Crippen LogP contribution in [0.5, 0.6) is 17.2 Å². The van der Waals surface area contributed by atoms with E-state index in [4.69, 9.17) is 9.47 Å². The van der Waals surface area contributed by atoms with Crippen molar-refractivity contribution < 1.29 is 19.7 Å². The topological polar surface area (TPSA) is 62.2 Å². The molecule has 2 N–H and O–H groups in total. The number of morpholine rings is 1. The van der Waals surface area contributed by atoms with Crippen molar-refractivity contribution in [3.05, 3.63) is 53.6 Å². The quantitative estimate of drug-likeness (QED) is 0.888. The van der Waals surface area contributed by atoms with Crippen LogP contribution in [0.25, 0.3) is 0 Å². The highest BCUT2D eigenvalue weighted by Gasteiger charge is 2.37. The van der Waals surface area contributed by atoms with Gasteiger partial charge in [0.2, 0.25) is 0 Å². The SMILES string of the molecule is Oc1ccc([C@@H]2COc3cc(O)ccc3[C@H]2N2CCOCC2)cc1. The Morgan fingerprint density at radius 3 is 2.38 bits per heavy atom. The van der Waals surface area contributed by atoms with Crippen LogP contribution in [0.15, 0.2) is 42.5 Å². The number of hydrogen-bond acceptors (Lipinski definition) is 5. The third-order valence-corrected chi connectivity index (χ3v) is 4.88. The number of aromatic hydroxyl groups is 2. The van der Waals surface area contributed by atoms with Crippen molar-refractivity contribution in [2.75, 3.05) is 32.9 Å². The van der Waals surface area contributed by atoms with Gasteiger partial charge < -0.3 is 19.7 Å². The Labute approximate surface area is 141 Å². The van der Waals surface area contributed by atoms with Crippen LogP contribution in [0.2, 0.25) is 0 Å². The van der Waals surface area contributed by atoms with Crippen molar-refractivity contribution in [1.82, 2.24) is 4.90 Å². The van der Waals surface area contributed by atoms with Crippen molar-refractivity contribution in [1.29, 1.82) is 0 Å². The normalized spacial score (nSPS) is 24.2. The van der Waals surface area contributed by atoms with Crippen molar-refractivity contribution in [2.45, 2.75) is 12.0 Å². The van der Waals surface area contributed by atoms with E-state index in [1.165, 1.54) is 0 Å². The molecule has 2 aliphatic rings. The smallest absolute Gasteiger partial charge is 0.127 e. The summed E-state index contributed by atoms with van der Waals surface area (Å²) >= 11 is 0. The third kappa shape index (κ3) is 2.81. The van der Waals surface area contributed by atoms with Crippen molar-refractivity contribution in [3.63, 3.8) is 0 Å². The van der Waals surface area contributed by atoms with E-state index in [0.29, 0.717) is 6.61 Å². The minimum atomic E-state index is 0.167. The van der Waals surface area contributed by atoms with Crippen LogP contribution in [-0.4, -0.2) is 48.0 Å². The Balaban J connectivity index is 1.75. The average Bonchev–Trinajstić information content (AvgIpc) is 2.62. The van der Waals surface area contributed by atoms with Gasteiger partial charge in [-0.3, -0.25) is 4.90 Å². The Bertz CT molecular complexity index is 710. The van der Waals surface area contributed by atoms with Gasteiger partial charge in [-0.05, 0) is 23.8 Å². The minimum Gasteiger partial charge on any atom is -0.508 e. The molecule has 5 nitrogen and oxygen atoms in total. The van der Waals surface area contributed by atoms with Crippen LogP contribution < -0.4 is 4.74 Å². The number of benzene rings is 2. The molecule has 1 saturated heterocycles. The summed E-state index contributed by atoms with van der Waals surface area (Å²) in [5.74, 6) is 1.41. The molecule has 2 aromatic carbocycles. The molecule has 0 amide bonds. The molecule has 0 unspecified atom stereocenters. The standard InChI is InChI=1S/C19H21NO4/c21-14-3-1-13(2-4-14)17-12-24-18-11-15(22)5-6-16(18)19(17)20-7-9-23-10-8-20/h1-6,11,17,19,21-22H,7-10,12H2/t17-,19+/m0/s1. The van der Waals surface area contributed by atoms with Gasteiger partial charge in [-0.2, -0.15) is 0 Å². The first-order valence-electron chi connectivity index (χ1n) is 8.29. The lowest BCUT2D eigenvalue weighted by Gasteiger charge is -2.42. The van der Waals surface area contributed by atoms with Crippen LogP contribution >= 0.6 is 0 Å². The zero-order valence-corrected chi connectivity index (χ0v) is 13.4. The highest BCUT2D eigenvalue weighted by Crippen LogP contribution is 2.45. The van der Waals surface area contributed by atoms with E-state index >= 15 is 0 Å². The van der Waals surface area contributed by atoms with Crippen molar-refractivity contribution in [2.24, 2.45) is 0 Å². The summed E-state index contributed by atoms with van der Waals surface area (Å²) in [7, 11) is 0. The maximum absolute atomic E-state index is 9.76. The first kappa shape index (κ1) is 15.3. The molecule has 4 rings (SSSR count). The van der Waals surface area contributed by atoms with E-state index < -0.39 is 0 Å². The fourth-order valence-corrected chi connectivity index (χ4v) is 3.69. The fraction of sp³-hybridized carbons (Fsp3) is 0.368. The second-order valence-electron chi connectivity index (χ2n) is 6.32. The Morgan fingerprint density at radius 2 is 1.62 bits per heavy atom. The molecule has 0 saturated carbocycles. The number of phenols is 2. The molecule has 2 atom stereocenters. The monoisotopic (exact) mass is 327 g/mol. The second kappa shape index (κ2) is 6.34.